The number of hydrogen-bond acceptors (Lipinski definition) is 4. The minimum absolute atomic E-state index is 0.381. The largest absolute Gasteiger partial charge is 0.430 e. The van der Waals surface area contributed by atoms with Gasteiger partial charge in [0.2, 0.25) is 0 Å². The van der Waals surface area contributed by atoms with Gasteiger partial charge in [-0.1, -0.05) is 24.3 Å². The van der Waals surface area contributed by atoms with Gasteiger partial charge in [-0.3, -0.25) is 4.90 Å². The Morgan fingerprint density at radius 1 is 0.767 bits per heavy atom. The maximum absolute atomic E-state index is 13.0. The molecule has 0 saturated carbocycles. The monoisotopic (exact) mass is 433 g/mol. The number of aliphatic hydroxyl groups is 1. The van der Waals surface area contributed by atoms with Crippen molar-refractivity contribution >= 4 is 11.4 Å². The highest BCUT2D eigenvalue weighted by Gasteiger charge is 2.71. The average molecular weight is 433 g/mol. The minimum Gasteiger partial charge on any atom is -0.399 e. The second-order valence-electron chi connectivity index (χ2n) is 7.26. The van der Waals surface area contributed by atoms with Crippen molar-refractivity contribution in [1.29, 1.82) is 0 Å². The molecule has 2 aromatic carbocycles. The molecule has 1 aliphatic heterocycles. The first-order chi connectivity index (χ1) is 13.9. The normalized spacial score (nSPS) is 16.7. The Bertz CT molecular complexity index is 827. The van der Waals surface area contributed by atoms with Crippen LogP contribution in [0.1, 0.15) is 11.1 Å². The first kappa shape index (κ1) is 22.2. The van der Waals surface area contributed by atoms with Crippen LogP contribution in [-0.2, 0) is 12.1 Å². The Labute approximate surface area is 169 Å². The molecule has 0 radical (unpaired) electrons. The summed E-state index contributed by atoms with van der Waals surface area (Å²) < 4.78 is 77.8. The molecule has 3 N–H and O–H groups in total. The fraction of sp³-hybridized carbons (Fsp3) is 0.400. The van der Waals surface area contributed by atoms with Crippen molar-refractivity contribution in [3.63, 3.8) is 0 Å². The highest BCUT2D eigenvalue weighted by Crippen LogP contribution is 2.49. The molecule has 30 heavy (non-hydrogen) atoms. The van der Waals surface area contributed by atoms with Gasteiger partial charge in [0.25, 0.3) is 5.60 Å². The number of alkyl halides is 6. The molecule has 4 nitrogen and oxygen atoms in total. The molecule has 10 heteroatoms. The van der Waals surface area contributed by atoms with Gasteiger partial charge in [0, 0.05) is 49.7 Å². The molecule has 1 saturated heterocycles. The second-order valence-corrected chi connectivity index (χ2v) is 7.26. The molecule has 0 aliphatic carbocycles. The number of benzene rings is 2. The molecule has 0 spiro atoms. The summed E-state index contributed by atoms with van der Waals surface area (Å²) in [6.07, 6.45) is -11.8. The lowest BCUT2D eigenvalue weighted by molar-refractivity contribution is -0.376. The van der Waals surface area contributed by atoms with Gasteiger partial charge in [0.15, 0.2) is 0 Å². The summed E-state index contributed by atoms with van der Waals surface area (Å²) in [6, 6.07) is 11.2. The zero-order chi connectivity index (χ0) is 22.2. The second kappa shape index (κ2) is 7.99. The third-order valence-corrected chi connectivity index (χ3v) is 5.23. The van der Waals surface area contributed by atoms with E-state index in [9.17, 15) is 31.4 Å². The molecular formula is C20H21F6N3O. The van der Waals surface area contributed by atoms with E-state index in [4.69, 9.17) is 5.73 Å². The number of hydrogen-bond donors (Lipinski definition) is 2. The van der Waals surface area contributed by atoms with Gasteiger partial charge >= 0.3 is 12.4 Å². The van der Waals surface area contributed by atoms with Crippen LogP contribution in [0.2, 0.25) is 0 Å². The Kier molecular flexibility index (Phi) is 5.92. The molecule has 164 valence electrons. The maximum atomic E-state index is 13.0. The summed E-state index contributed by atoms with van der Waals surface area (Å²) in [7, 11) is 0. The standard InChI is InChI=1S/C20H21F6N3O/c21-19(22,23)18(30,20(24,25)26)15-3-1-14(2-4-15)13-28-9-11-29(12-10-28)17-7-5-16(27)6-8-17/h1-8,30H,9-13,27H2. The molecule has 1 heterocycles. The smallest absolute Gasteiger partial charge is 0.399 e. The van der Waals surface area contributed by atoms with Crippen LogP contribution in [0.15, 0.2) is 48.5 Å². The summed E-state index contributed by atoms with van der Waals surface area (Å²) in [6.45, 7) is 3.20. The summed E-state index contributed by atoms with van der Waals surface area (Å²) in [4.78, 5) is 4.23. The zero-order valence-electron chi connectivity index (χ0n) is 15.8. The topological polar surface area (TPSA) is 52.7 Å². The molecule has 1 fully saturated rings. The van der Waals surface area contributed by atoms with Gasteiger partial charge in [-0.15, -0.1) is 0 Å². The average Bonchev–Trinajstić information content (AvgIpc) is 2.67. The zero-order valence-corrected chi connectivity index (χ0v) is 15.8. The van der Waals surface area contributed by atoms with Crippen molar-refractivity contribution < 1.29 is 31.4 Å². The number of nitrogen functional groups attached to an aromatic ring is 1. The van der Waals surface area contributed by atoms with Crippen LogP contribution in [0.25, 0.3) is 0 Å². The molecule has 0 amide bonds. The number of rotatable bonds is 4. The predicted octanol–water partition coefficient (Wildman–Crippen LogP) is 3.90. The van der Waals surface area contributed by atoms with Gasteiger partial charge in [0.1, 0.15) is 0 Å². The number of anilines is 2. The van der Waals surface area contributed by atoms with E-state index in [0.29, 0.717) is 43.0 Å². The third kappa shape index (κ3) is 4.34. The van der Waals surface area contributed by atoms with Crippen LogP contribution in [0.3, 0.4) is 0 Å². The number of nitrogens with two attached hydrogens (primary N) is 1. The Hall–Kier alpha value is -2.46. The van der Waals surface area contributed by atoms with Crippen molar-refractivity contribution in [2.45, 2.75) is 24.5 Å². The molecule has 2 aromatic rings. The summed E-state index contributed by atoms with van der Waals surface area (Å²) in [5.41, 5.74) is 1.80. The van der Waals surface area contributed by atoms with E-state index in [-0.39, 0.29) is 0 Å². The SMILES string of the molecule is Nc1ccc(N2CCN(Cc3ccc(C(O)(C(F)(F)F)C(F)(F)F)cc3)CC2)cc1. The molecule has 0 aromatic heterocycles. The fourth-order valence-corrected chi connectivity index (χ4v) is 3.45. The van der Waals surface area contributed by atoms with E-state index >= 15 is 0 Å². The summed E-state index contributed by atoms with van der Waals surface area (Å²) in [5.74, 6) is 0. The van der Waals surface area contributed by atoms with E-state index in [1.165, 1.54) is 12.1 Å². The Morgan fingerprint density at radius 3 is 1.73 bits per heavy atom. The summed E-state index contributed by atoms with van der Waals surface area (Å²) in [5, 5.41) is 9.45. The summed E-state index contributed by atoms with van der Waals surface area (Å²) >= 11 is 0. The van der Waals surface area contributed by atoms with Crippen LogP contribution in [0, 0.1) is 0 Å². The van der Waals surface area contributed by atoms with E-state index < -0.39 is 23.5 Å². The van der Waals surface area contributed by atoms with Crippen LogP contribution < -0.4 is 10.6 Å². The molecule has 0 unspecified atom stereocenters. The first-order valence-electron chi connectivity index (χ1n) is 9.20. The third-order valence-electron chi connectivity index (χ3n) is 5.23. The Balaban J connectivity index is 1.64. The van der Waals surface area contributed by atoms with Crippen molar-refractivity contribution in [2.24, 2.45) is 0 Å². The highest BCUT2D eigenvalue weighted by atomic mass is 19.4. The lowest BCUT2D eigenvalue weighted by atomic mass is 9.91. The number of nitrogens with zero attached hydrogens (tertiary/aromatic N) is 2. The van der Waals surface area contributed by atoms with Gasteiger partial charge < -0.3 is 15.7 Å². The van der Waals surface area contributed by atoms with Crippen molar-refractivity contribution in [1.82, 2.24) is 4.90 Å². The van der Waals surface area contributed by atoms with Gasteiger partial charge in [-0.05, 0) is 29.8 Å². The van der Waals surface area contributed by atoms with Crippen LogP contribution in [0.4, 0.5) is 37.7 Å². The molecular weight excluding hydrogens is 412 g/mol. The molecule has 0 bridgehead atoms. The predicted molar refractivity (Wildman–Crippen MR) is 101 cm³/mol. The van der Waals surface area contributed by atoms with E-state index in [0.717, 1.165) is 18.8 Å². The molecule has 1 aliphatic rings. The van der Waals surface area contributed by atoms with Gasteiger partial charge in [-0.2, -0.15) is 26.3 Å². The van der Waals surface area contributed by atoms with E-state index in [2.05, 4.69) is 9.80 Å². The Morgan fingerprint density at radius 2 is 1.27 bits per heavy atom. The highest BCUT2D eigenvalue weighted by molar-refractivity contribution is 5.53. The van der Waals surface area contributed by atoms with Crippen LogP contribution >= 0.6 is 0 Å². The van der Waals surface area contributed by atoms with Crippen LogP contribution in [-0.4, -0.2) is 48.5 Å². The van der Waals surface area contributed by atoms with E-state index in [1.807, 2.05) is 24.3 Å². The molecule has 0 atom stereocenters. The van der Waals surface area contributed by atoms with Crippen molar-refractivity contribution in [3.8, 4) is 0 Å². The van der Waals surface area contributed by atoms with Crippen LogP contribution in [0.5, 0.6) is 0 Å². The maximum Gasteiger partial charge on any atom is 0.430 e. The lowest BCUT2D eigenvalue weighted by Gasteiger charge is -2.36. The van der Waals surface area contributed by atoms with E-state index in [1.54, 1.807) is 0 Å². The number of halogens is 6. The fourth-order valence-electron chi connectivity index (χ4n) is 3.45. The van der Waals surface area contributed by atoms with Gasteiger partial charge in [0.05, 0.1) is 0 Å². The first-order valence-corrected chi connectivity index (χ1v) is 9.20. The molecule has 3 rings (SSSR count). The minimum atomic E-state index is -5.88. The lowest BCUT2D eigenvalue weighted by Crippen LogP contribution is -2.53. The van der Waals surface area contributed by atoms with Gasteiger partial charge in [-0.25, -0.2) is 0 Å². The number of piperazine rings is 1. The van der Waals surface area contributed by atoms with Crippen molar-refractivity contribution in [2.75, 3.05) is 36.8 Å². The van der Waals surface area contributed by atoms with Crippen molar-refractivity contribution in [3.05, 3.63) is 59.7 Å². The quantitative estimate of drug-likeness (QED) is 0.567.